The van der Waals surface area contributed by atoms with Crippen LogP contribution in [0.3, 0.4) is 0 Å². The molecule has 3 unspecified atom stereocenters. The number of allylic oxidation sites excluding steroid dienone is 8. The molecule has 11 heteroatoms. The van der Waals surface area contributed by atoms with Crippen LogP contribution in [0.25, 0.3) is 0 Å². The van der Waals surface area contributed by atoms with Gasteiger partial charge in [-0.3, -0.25) is 18.6 Å². The Morgan fingerprint density at radius 1 is 0.635 bits per heavy atom. The Kier molecular flexibility index (Phi) is 35.8. The highest BCUT2D eigenvalue weighted by molar-refractivity contribution is 7.47. The lowest BCUT2D eigenvalue weighted by Crippen LogP contribution is -2.34. The zero-order valence-electron chi connectivity index (χ0n) is 32.6. The molecule has 0 bridgehead atoms. The molecule has 0 aliphatic heterocycles. The minimum atomic E-state index is -4.61. The van der Waals surface area contributed by atoms with Crippen molar-refractivity contribution in [3.63, 3.8) is 0 Å². The fraction of sp³-hybridized carbons (Fsp3) is 0.756. The predicted octanol–water partition coefficient (Wildman–Crippen LogP) is 10.7. The summed E-state index contributed by atoms with van der Waals surface area (Å²) in [5, 5.41) is 8.86. The number of esters is 1. The zero-order valence-corrected chi connectivity index (χ0v) is 33.5. The summed E-state index contributed by atoms with van der Waals surface area (Å²) in [4.78, 5) is 33.3. The first-order valence-corrected chi connectivity index (χ1v) is 21.7. The number of hydrogen-bond acceptors (Lipinski definition) is 8. The number of phosphoric acid groups is 1. The monoisotopic (exact) mass is 756 g/mol. The van der Waals surface area contributed by atoms with Gasteiger partial charge in [-0.05, 0) is 51.4 Å². The van der Waals surface area contributed by atoms with Crippen LogP contribution in [0, 0.1) is 0 Å². The van der Waals surface area contributed by atoms with E-state index >= 15 is 0 Å². The minimum absolute atomic E-state index is 0.0126. The molecule has 302 valence electrons. The Morgan fingerprint density at radius 2 is 1.12 bits per heavy atom. The lowest BCUT2D eigenvalue weighted by atomic mass is 10.1. The first-order valence-electron chi connectivity index (χ1n) is 20.2. The normalized spacial score (nSPS) is 14.5. The summed E-state index contributed by atoms with van der Waals surface area (Å²) in [7, 11) is -4.61. The van der Waals surface area contributed by atoms with Crippen molar-refractivity contribution in [2.24, 2.45) is 5.73 Å². The molecule has 0 aliphatic rings. The number of carbonyl (C=O) groups excluding carboxylic acids is 1. The van der Waals surface area contributed by atoms with E-state index in [1.54, 1.807) is 0 Å². The van der Waals surface area contributed by atoms with Crippen molar-refractivity contribution in [3.8, 4) is 0 Å². The molecule has 0 fully saturated rings. The standard InChI is InChI=1S/C41H74NO9P/c1-3-5-7-9-11-13-14-15-16-17-18-19-20-21-22-23-24-25-26-28-30-32-34-48-35-38(36-49-52(46,47)50-37-39(42)41(44)45)51-40(43)33-31-29-27-12-10-8-6-4-2/h5,7,11,13,15-16,18-19,38-39H,3-4,6,8-10,12,14,17,20-37,42H2,1-2H3,(H,44,45)(H,46,47)/b7-5-,13-11-,16-15-,19-18-. The molecule has 0 aromatic heterocycles. The van der Waals surface area contributed by atoms with E-state index in [9.17, 15) is 19.0 Å². The van der Waals surface area contributed by atoms with Crippen LogP contribution in [0.4, 0.5) is 0 Å². The summed E-state index contributed by atoms with van der Waals surface area (Å²) in [6, 6.07) is -1.47. The van der Waals surface area contributed by atoms with E-state index in [4.69, 9.17) is 24.8 Å². The average molecular weight is 756 g/mol. The van der Waals surface area contributed by atoms with Crippen molar-refractivity contribution >= 4 is 19.8 Å². The number of carboxylic acid groups (broad SMARTS) is 1. The molecule has 0 rings (SSSR count). The highest BCUT2D eigenvalue weighted by Gasteiger charge is 2.27. The zero-order chi connectivity index (χ0) is 38.4. The van der Waals surface area contributed by atoms with Gasteiger partial charge >= 0.3 is 19.8 Å². The van der Waals surface area contributed by atoms with Crippen LogP contribution in [-0.2, 0) is 32.7 Å². The predicted molar refractivity (Wildman–Crippen MR) is 212 cm³/mol. The van der Waals surface area contributed by atoms with Gasteiger partial charge in [-0.25, -0.2) is 4.57 Å². The summed E-state index contributed by atoms with van der Waals surface area (Å²) in [5.41, 5.74) is 5.33. The fourth-order valence-electron chi connectivity index (χ4n) is 5.24. The number of aliphatic carboxylic acids is 1. The SMILES string of the molecule is CC/C=C\C/C=C\C/C=C\C/C=C\CCCCCCCCCCCOCC(COP(=O)(O)OCC(N)C(=O)O)OC(=O)CCCCCCCCCC. The van der Waals surface area contributed by atoms with E-state index < -0.39 is 45.1 Å². The molecule has 0 amide bonds. The van der Waals surface area contributed by atoms with Crippen molar-refractivity contribution in [2.45, 2.75) is 174 Å². The number of nitrogens with two attached hydrogens (primary N) is 1. The molecule has 0 saturated carbocycles. The third-order valence-electron chi connectivity index (χ3n) is 8.37. The first-order chi connectivity index (χ1) is 25.2. The maximum absolute atomic E-state index is 12.5. The number of ether oxygens (including phenoxy) is 2. The van der Waals surface area contributed by atoms with Crippen molar-refractivity contribution in [1.82, 2.24) is 0 Å². The van der Waals surface area contributed by atoms with Crippen LogP contribution in [0.5, 0.6) is 0 Å². The van der Waals surface area contributed by atoms with Crippen molar-refractivity contribution in [2.75, 3.05) is 26.4 Å². The van der Waals surface area contributed by atoms with Crippen LogP contribution >= 0.6 is 7.82 Å². The number of phosphoric ester groups is 1. The van der Waals surface area contributed by atoms with Gasteiger partial charge in [0.25, 0.3) is 0 Å². The second kappa shape index (κ2) is 37.3. The van der Waals surface area contributed by atoms with Crippen LogP contribution in [0.2, 0.25) is 0 Å². The van der Waals surface area contributed by atoms with E-state index in [0.717, 1.165) is 70.6 Å². The Morgan fingerprint density at radius 3 is 1.67 bits per heavy atom. The van der Waals surface area contributed by atoms with Crippen LogP contribution in [0.1, 0.15) is 162 Å². The van der Waals surface area contributed by atoms with E-state index in [0.29, 0.717) is 13.0 Å². The van der Waals surface area contributed by atoms with Gasteiger partial charge in [0.05, 0.1) is 19.8 Å². The summed E-state index contributed by atoms with van der Waals surface area (Å²) in [6.45, 7) is 3.70. The van der Waals surface area contributed by atoms with Crippen molar-refractivity contribution in [3.05, 3.63) is 48.6 Å². The molecular weight excluding hydrogens is 681 g/mol. The largest absolute Gasteiger partial charge is 0.480 e. The second-order valence-corrected chi connectivity index (χ2v) is 14.8. The van der Waals surface area contributed by atoms with Gasteiger partial charge in [0.2, 0.25) is 0 Å². The van der Waals surface area contributed by atoms with Gasteiger partial charge in [0, 0.05) is 13.0 Å². The maximum atomic E-state index is 12.5. The lowest BCUT2D eigenvalue weighted by Gasteiger charge is -2.20. The number of hydrogen-bond donors (Lipinski definition) is 3. The highest BCUT2D eigenvalue weighted by Crippen LogP contribution is 2.43. The summed E-state index contributed by atoms with van der Waals surface area (Å²) in [5.74, 6) is -1.79. The summed E-state index contributed by atoms with van der Waals surface area (Å²) in [6.07, 6.45) is 41.8. The average Bonchev–Trinajstić information content (AvgIpc) is 3.12. The quantitative estimate of drug-likeness (QED) is 0.0240. The highest BCUT2D eigenvalue weighted by atomic mass is 31.2. The van der Waals surface area contributed by atoms with Gasteiger partial charge in [0.15, 0.2) is 0 Å². The van der Waals surface area contributed by atoms with E-state index in [1.807, 2.05) is 0 Å². The number of unbranched alkanes of at least 4 members (excludes halogenated alkanes) is 16. The van der Waals surface area contributed by atoms with Gasteiger partial charge < -0.3 is 25.2 Å². The molecular formula is C41H74NO9P. The fourth-order valence-corrected chi connectivity index (χ4v) is 6.02. The van der Waals surface area contributed by atoms with Gasteiger partial charge in [-0.1, -0.05) is 152 Å². The molecule has 4 N–H and O–H groups in total. The smallest absolute Gasteiger partial charge is 0.472 e. The van der Waals surface area contributed by atoms with Crippen molar-refractivity contribution in [1.29, 1.82) is 0 Å². The molecule has 3 atom stereocenters. The van der Waals surface area contributed by atoms with E-state index in [2.05, 4.69) is 67.0 Å². The Labute approximate surface area is 316 Å². The molecule has 0 aliphatic carbocycles. The summed E-state index contributed by atoms with van der Waals surface area (Å²) >= 11 is 0. The summed E-state index contributed by atoms with van der Waals surface area (Å²) < 4.78 is 33.2. The Bertz CT molecular complexity index is 1010. The maximum Gasteiger partial charge on any atom is 0.472 e. The van der Waals surface area contributed by atoms with Gasteiger partial charge in [0.1, 0.15) is 12.1 Å². The molecule has 10 nitrogen and oxygen atoms in total. The number of carboxylic acids is 1. The molecule has 52 heavy (non-hydrogen) atoms. The number of rotatable bonds is 38. The third-order valence-corrected chi connectivity index (χ3v) is 9.32. The second-order valence-electron chi connectivity index (χ2n) is 13.4. The minimum Gasteiger partial charge on any atom is -0.480 e. The van der Waals surface area contributed by atoms with E-state index in [-0.39, 0.29) is 13.0 Å². The molecule has 0 aromatic rings. The van der Waals surface area contributed by atoms with Crippen LogP contribution in [-0.4, -0.2) is 60.5 Å². The van der Waals surface area contributed by atoms with Gasteiger partial charge in [-0.15, -0.1) is 0 Å². The van der Waals surface area contributed by atoms with E-state index in [1.165, 1.54) is 64.2 Å². The van der Waals surface area contributed by atoms with Crippen molar-refractivity contribution < 1.29 is 42.7 Å². The van der Waals surface area contributed by atoms with Crippen LogP contribution in [0.15, 0.2) is 48.6 Å². The molecule has 0 aromatic carbocycles. The molecule has 0 heterocycles. The molecule has 0 radical (unpaired) electrons. The van der Waals surface area contributed by atoms with Gasteiger partial charge in [-0.2, -0.15) is 0 Å². The Hall–Kier alpha value is -2.07. The van der Waals surface area contributed by atoms with Crippen LogP contribution < -0.4 is 5.73 Å². The first kappa shape index (κ1) is 49.9. The molecule has 0 spiro atoms. The molecule has 0 saturated heterocycles. The topological polar surface area (TPSA) is 155 Å². The Balaban J connectivity index is 4.13. The third kappa shape index (κ3) is 36.3. The lowest BCUT2D eigenvalue weighted by molar-refractivity contribution is -0.154. The number of carbonyl (C=O) groups is 2.